The molecule has 0 amide bonds. The molecule has 12 aromatic rings. The lowest BCUT2D eigenvalue weighted by atomic mass is 9.99. The van der Waals surface area contributed by atoms with Crippen molar-refractivity contribution in [2.45, 2.75) is 0 Å². The Balaban J connectivity index is 1.09. The number of para-hydroxylation sites is 2. The lowest BCUT2D eigenvalue weighted by Gasteiger charge is -2.16. The van der Waals surface area contributed by atoms with Gasteiger partial charge in [-0.3, -0.25) is 0 Å². The Morgan fingerprint density at radius 2 is 0.883 bits per heavy atom. The summed E-state index contributed by atoms with van der Waals surface area (Å²) >= 11 is 1.84. The minimum absolute atomic E-state index is 0.613. The molecule has 0 unspecified atom stereocenters. The van der Waals surface area contributed by atoms with Gasteiger partial charge in [-0.05, 0) is 57.8 Å². The molecule has 3 heterocycles. The van der Waals surface area contributed by atoms with Gasteiger partial charge in [-0.15, -0.1) is 11.3 Å². The average Bonchev–Trinajstić information content (AvgIpc) is 3.87. The molecule has 12 rings (SSSR count). The Labute approximate surface area is 350 Å². The van der Waals surface area contributed by atoms with Gasteiger partial charge in [0.25, 0.3) is 0 Å². The van der Waals surface area contributed by atoms with Crippen molar-refractivity contribution in [1.29, 1.82) is 0 Å². The van der Waals surface area contributed by atoms with E-state index in [0.29, 0.717) is 17.5 Å². The van der Waals surface area contributed by atoms with Crippen LogP contribution in [-0.4, -0.2) is 19.5 Å². The van der Waals surface area contributed by atoms with Gasteiger partial charge >= 0.3 is 0 Å². The summed E-state index contributed by atoms with van der Waals surface area (Å²) in [5, 5.41) is 7.22. The third-order valence-electron chi connectivity index (χ3n) is 11.7. The van der Waals surface area contributed by atoms with Gasteiger partial charge in [0.05, 0.1) is 16.7 Å². The van der Waals surface area contributed by atoms with Crippen LogP contribution in [0.3, 0.4) is 0 Å². The quantitative estimate of drug-likeness (QED) is 0.169. The standard InChI is InChI=1S/C55H34N4S/c1-2-15-36(16-3-1)41-32-31-39(34-50(41)59-48-28-9-6-22-43(48)44-23-7-10-29-49(44)59)54-56-53(57-55(58-54)47-27-13-18-35-17-4-5-21-40(35)47)38-20-12-19-37(33-38)42-25-14-26-46-45-24-8-11-30-51(45)60-52(42)46/h1-34H. The average molecular weight is 783 g/mol. The second kappa shape index (κ2) is 14.0. The number of rotatable bonds is 6. The number of benzene rings is 9. The van der Waals surface area contributed by atoms with Crippen molar-refractivity contribution in [1.82, 2.24) is 19.5 Å². The lowest BCUT2D eigenvalue weighted by Crippen LogP contribution is -2.02. The van der Waals surface area contributed by atoms with Crippen LogP contribution in [0.2, 0.25) is 0 Å². The smallest absolute Gasteiger partial charge is 0.164 e. The summed E-state index contributed by atoms with van der Waals surface area (Å²) < 4.78 is 4.96. The van der Waals surface area contributed by atoms with Crippen molar-refractivity contribution in [2.75, 3.05) is 0 Å². The summed E-state index contributed by atoms with van der Waals surface area (Å²) in [6.07, 6.45) is 0. The van der Waals surface area contributed by atoms with Crippen LogP contribution in [0.5, 0.6) is 0 Å². The molecule has 60 heavy (non-hydrogen) atoms. The number of thiophene rings is 1. The zero-order valence-electron chi connectivity index (χ0n) is 32.3. The summed E-state index contributed by atoms with van der Waals surface area (Å²) in [5.74, 6) is 1.87. The van der Waals surface area contributed by atoms with Crippen molar-refractivity contribution in [2.24, 2.45) is 0 Å². The summed E-state index contributed by atoms with van der Waals surface area (Å²) in [6, 6.07) is 73.3. The predicted molar refractivity (Wildman–Crippen MR) is 252 cm³/mol. The summed E-state index contributed by atoms with van der Waals surface area (Å²) in [5.41, 5.74) is 10.7. The van der Waals surface area contributed by atoms with Gasteiger partial charge < -0.3 is 4.57 Å². The molecule has 0 radical (unpaired) electrons. The third kappa shape index (κ3) is 5.63. The van der Waals surface area contributed by atoms with Crippen LogP contribution in [0, 0.1) is 0 Å². The number of aromatic nitrogens is 4. The van der Waals surface area contributed by atoms with E-state index in [1.54, 1.807) is 0 Å². The molecule has 9 aromatic carbocycles. The van der Waals surface area contributed by atoms with E-state index in [2.05, 4.69) is 211 Å². The van der Waals surface area contributed by atoms with Crippen LogP contribution in [0.4, 0.5) is 0 Å². The van der Waals surface area contributed by atoms with Crippen LogP contribution in [0.25, 0.3) is 115 Å². The zero-order valence-corrected chi connectivity index (χ0v) is 33.1. The minimum Gasteiger partial charge on any atom is -0.309 e. The Morgan fingerprint density at radius 1 is 0.333 bits per heavy atom. The fourth-order valence-electron chi connectivity index (χ4n) is 8.87. The Kier molecular flexibility index (Phi) is 8.00. The van der Waals surface area contributed by atoms with E-state index < -0.39 is 0 Å². The molecule has 0 aliphatic carbocycles. The van der Waals surface area contributed by atoms with E-state index in [9.17, 15) is 0 Å². The Hall–Kier alpha value is -7.73. The molecule has 0 saturated heterocycles. The van der Waals surface area contributed by atoms with Gasteiger partial charge in [0.15, 0.2) is 17.5 Å². The Bertz CT molecular complexity index is 3560. The molecule has 0 aliphatic rings. The normalized spacial score (nSPS) is 11.7. The third-order valence-corrected chi connectivity index (χ3v) is 12.9. The van der Waals surface area contributed by atoms with Crippen LogP contribution >= 0.6 is 11.3 Å². The van der Waals surface area contributed by atoms with E-state index in [-0.39, 0.29) is 0 Å². The molecule has 0 atom stereocenters. The van der Waals surface area contributed by atoms with E-state index in [4.69, 9.17) is 15.0 Å². The van der Waals surface area contributed by atoms with Gasteiger partial charge in [0, 0.05) is 53.2 Å². The van der Waals surface area contributed by atoms with Gasteiger partial charge in [-0.2, -0.15) is 0 Å². The van der Waals surface area contributed by atoms with Gasteiger partial charge in [-0.25, -0.2) is 15.0 Å². The minimum atomic E-state index is 0.613. The van der Waals surface area contributed by atoms with Crippen molar-refractivity contribution in [3.05, 3.63) is 206 Å². The van der Waals surface area contributed by atoms with Crippen LogP contribution in [0.15, 0.2) is 206 Å². The number of nitrogens with zero attached hydrogens (tertiary/aromatic N) is 4. The number of fused-ring (bicyclic) bond motifs is 7. The molecule has 5 heteroatoms. The molecule has 4 nitrogen and oxygen atoms in total. The summed E-state index contributed by atoms with van der Waals surface area (Å²) in [7, 11) is 0. The zero-order chi connectivity index (χ0) is 39.6. The molecular weight excluding hydrogens is 749 g/mol. The van der Waals surface area contributed by atoms with Crippen LogP contribution in [0.1, 0.15) is 0 Å². The number of hydrogen-bond acceptors (Lipinski definition) is 4. The van der Waals surface area contributed by atoms with E-state index in [1.807, 2.05) is 11.3 Å². The topological polar surface area (TPSA) is 43.6 Å². The van der Waals surface area contributed by atoms with Gasteiger partial charge in [0.2, 0.25) is 0 Å². The Morgan fingerprint density at radius 3 is 1.68 bits per heavy atom. The maximum atomic E-state index is 5.33. The fourth-order valence-corrected chi connectivity index (χ4v) is 10.1. The monoisotopic (exact) mass is 782 g/mol. The van der Waals surface area contributed by atoms with Crippen molar-refractivity contribution >= 4 is 64.1 Å². The van der Waals surface area contributed by atoms with Crippen molar-refractivity contribution in [3.63, 3.8) is 0 Å². The highest BCUT2D eigenvalue weighted by atomic mass is 32.1. The second-order valence-corrected chi connectivity index (χ2v) is 16.2. The maximum absolute atomic E-state index is 5.33. The predicted octanol–water partition coefficient (Wildman–Crippen LogP) is 14.8. The fraction of sp³-hybridized carbons (Fsp3) is 0. The molecule has 3 aromatic heterocycles. The lowest BCUT2D eigenvalue weighted by molar-refractivity contribution is 1.07. The SMILES string of the molecule is c1ccc(-c2ccc(-c3nc(-c4cccc(-c5cccc6c5sc5ccccc56)c4)nc(-c4cccc5ccccc45)n3)cc2-n2c3ccccc3c3ccccc32)cc1. The summed E-state index contributed by atoms with van der Waals surface area (Å²) in [4.78, 5) is 15.9. The molecule has 0 N–H and O–H groups in total. The van der Waals surface area contributed by atoms with Crippen LogP contribution in [-0.2, 0) is 0 Å². The van der Waals surface area contributed by atoms with Crippen molar-refractivity contribution in [3.8, 4) is 62.1 Å². The first kappa shape index (κ1) is 34.3. The first-order valence-corrected chi connectivity index (χ1v) is 21.0. The molecule has 0 spiro atoms. The number of hydrogen-bond donors (Lipinski definition) is 0. The molecule has 0 bridgehead atoms. The van der Waals surface area contributed by atoms with Gasteiger partial charge in [-0.1, -0.05) is 176 Å². The van der Waals surface area contributed by atoms with Crippen LogP contribution < -0.4 is 0 Å². The molecule has 0 fully saturated rings. The van der Waals surface area contributed by atoms with E-state index >= 15 is 0 Å². The highest BCUT2D eigenvalue weighted by Crippen LogP contribution is 2.42. The largest absolute Gasteiger partial charge is 0.309 e. The molecule has 0 saturated carbocycles. The molecular formula is C55H34N4S. The second-order valence-electron chi connectivity index (χ2n) is 15.2. The highest BCUT2D eigenvalue weighted by molar-refractivity contribution is 7.26. The van der Waals surface area contributed by atoms with Gasteiger partial charge in [0.1, 0.15) is 0 Å². The van der Waals surface area contributed by atoms with E-state index in [1.165, 1.54) is 36.5 Å². The first-order valence-electron chi connectivity index (χ1n) is 20.2. The molecule has 280 valence electrons. The highest BCUT2D eigenvalue weighted by Gasteiger charge is 2.20. The first-order chi connectivity index (χ1) is 29.7. The maximum Gasteiger partial charge on any atom is 0.164 e. The molecule has 0 aliphatic heterocycles. The summed E-state index contributed by atoms with van der Waals surface area (Å²) in [6.45, 7) is 0. The van der Waals surface area contributed by atoms with E-state index in [0.717, 1.165) is 60.9 Å². The van der Waals surface area contributed by atoms with Crippen molar-refractivity contribution < 1.29 is 0 Å².